The topological polar surface area (TPSA) is 143 Å². The van der Waals surface area contributed by atoms with Gasteiger partial charge in [0.05, 0.1) is 27.9 Å². The van der Waals surface area contributed by atoms with Crippen LogP contribution in [-0.4, -0.2) is 37.9 Å². The molecule has 0 atom stereocenters. The summed E-state index contributed by atoms with van der Waals surface area (Å²) in [6.07, 6.45) is -0.769. The number of hydrogen-bond acceptors (Lipinski definition) is 7. The number of aromatic amines is 1. The molecule has 0 aliphatic carbocycles. The van der Waals surface area contributed by atoms with Crippen LogP contribution in [0.4, 0.5) is 20.7 Å². The lowest BCUT2D eigenvalue weighted by Gasteiger charge is -2.26. The average molecular weight is 590 g/mol. The van der Waals surface area contributed by atoms with Gasteiger partial charge in [0.2, 0.25) is 0 Å². The lowest BCUT2D eigenvalue weighted by Crippen LogP contribution is -2.43. The van der Waals surface area contributed by atoms with Crippen LogP contribution in [0, 0.1) is 12.7 Å². The van der Waals surface area contributed by atoms with Crippen molar-refractivity contribution in [2.45, 2.75) is 39.8 Å². The number of thiophene rings is 1. The van der Waals surface area contributed by atoms with Gasteiger partial charge in [-0.05, 0) is 52.0 Å². The fourth-order valence-corrected chi connectivity index (χ4v) is 5.32. The normalized spacial score (nSPS) is 11.4. The molecule has 3 aromatic heterocycles. The van der Waals surface area contributed by atoms with Gasteiger partial charge in [0.1, 0.15) is 16.3 Å². The fourth-order valence-electron chi connectivity index (χ4n) is 4.47. The molecule has 4 N–H and O–H groups in total. The Hall–Kier alpha value is -5.04. The van der Waals surface area contributed by atoms with Crippen LogP contribution in [0.5, 0.6) is 5.06 Å². The van der Waals surface area contributed by atoms with Gasteiger partial charge >= 0.3 is 6.09 Å². The number of hydrogen-bond donors (Lipinski definition) is 4. The smallest absolute Gasteiger partial charge is 0.399 e. The number of H-pyrrole nitrogens is 1. The maximum atomic E-state index is 14.3. The van der Waals surface area contributed by atoms with E-state index in [-0.39, 0.29) is 16.4 Å². The molecule has 0 aliphatic heterocycles. The number of amides is 3. The Morgan fingerprint density at radius 2 is 1.79 bits per heavy atom. The van der Waals surface area contributed by atoms with Crippen molar-refractivity contribution in [1.82, 2.24) is 25.3 Å². The van der Waals surface area contributed by atoms with Gasteiger partial charge in [-0.25, -0.2) is 9.18 Å². The molecule has 0 radical (unpaired) electrons. The van der Waals surface area contributed by atoms with E-state index in [0.717, 1.165) is 11.3 Å². The molecule has 0 saturated heterocycles. The summed E-state index contributed by atoms with van der Waals surface area (Å²) in [5.74, 6) is -1.12. The zero-order valence-electron chi connectivity index (χ0n) is 23.2. The monoisotopic (exact) mass is 589 g/mol. The van der Waals surface area contributed by atoms with Crippen molar-refractivity contribution in [3.63, 3.8) is 0 Å². The molecular weight excluding hydrogens is 561 g/mol. The first-order chi connectivity index (χ1) is 20.1. The number of carbonyl (C=O) groups is 3. The quantitative estimate of drug-likeness (QED) is 0.180. The summed E-state index contributed by atoms with van der Waals surface area (Å²) in [4.78, 5) is 39.4. The zero-order valence-corrected chi connectivity index (χ0v) is 24.1. The molecule has 5 rings (SSSR count). The number of aromatic nitrogens is 4. The summed E-state index contributed by atoms with van der Waals surface area (Å²) < 4.78 is 21.3. The van der Waals surface area contributed by atoms with Crippen LogP contribution in [-0.2, 0) is 12.1 Å². The lowest BCUT2D eigenvalue weighted by molar-refractivity contribution is 0.101. The summed E-state index contributed by atoms with van der Waals surface area (Å²) in [6.45, 7) is 7.54. The molecule has 0 bridgehead atoms. The number of aryl methyl sites for hydroxylation is 2. The lowest BCUT2D eigenvalue weighted by atomic mass is 9.94. The Labute approximate surface area is 244 Å². The Kier molecular flexibility index (Phi) is 7.77. The van der Waals surface area contributed by atoms with E-state index in [4.69, 9.17) is 4.74 Å². The zero-order chi connectivity index (χ0) is 30.0. The number of nitrogens with zero attached hydrogens (tertiary/aromatic N) is 3. The van der Waals surface area contributed by atoms with E-state index in [2.05, 4.69) is 31.2 Å². The Morgan fingerprint density at radius 3 is 2.55 bits per heavy atom. The minimum atomic E-state index is -1.03. The van der Waals surface area contributed by atoms with E-state index < -0.39 is 29.3 Å². The number of benzene rings is 2. The van der Waals surface area contributed by atoms with Crippen LogP contribution in [0.2, 0.25) is 0 Å². The van der Waals surface area contributed by atoms with Gasteiger partial charge in [0.15, 0.2) is 10.9 Å². The molecule has 2 aromatic carbocycles. The van der Waals surface area contributed by atoms with Crippen molar-refractivity contribution < 1.29 is 23.5 Å². The molecule has 13 heteroatoms. The van der Waals surface area contributed by atoms with E-state index in [0.29, 0.717) is 39.4 Å². The molecule has 3 amide bonds. The summed E-state index contributed by atoms with van der Waals surface area (Å²) in [7, 11) is 0. The standard InChI is InChI=1S/C29H28FN7O4S/c1-5-37-22(14-16(2)36-37)26(39)31-21-13-9-6-10-17(21)25(38)32-24-18-15-23(42-27(18)35-34-24)41-28(40)33-29(3,4)19-11-7-8-12-20(19)30/h6-15H,5H2,1-4H3,(H,31,39)(H,33,40)(H2,32,34,35,38). The van der Waals surface area contributed by atoms with E-state index >= 15 is 0 Å². The number of anilines is 2. The minimum Gasteiger partial charge on any atom is -0.399 e. The summed E-state index contributed by atoms with van der Waals surface area (Å²) >= 11 is 1.12. The average Bonchev–Trinajstić information content (AvgIpc) is 3.63. The van der Waals surface area contributed by atoms with E-state index in [9.17, 15) is 18.8 Å². The first kappa shape index (κ1) is 28.5. The molecule has 42 heavy (non-hydrogen) atoms. The molecule has 0 aliphatic rings. The van der Waals surface area contributed by atoms with Gasteiger partial charge < -0.3 is 20.7 Å². The summed E-state index contributed by atoms with van der Waals surface area (Å²) in [5.41, 5.74) is 0.919. The van der Waals surface area contributed by atoms with Crippen molar-refractivity contribution in [2.24, 2.45) is 0 Å². The third kappa shape index (κ3) is 5.86. The summed E-state index contributed by atoms with van der Waals surface area (Å²) in [6, 6.07) is 16.0. The maximum Gasteiger partial charge on any atom is 0.414 e. The second-order valence-corrected chi connectivity index (χ2v) is 11.0. The largest absolute Gasteiger partial charge is 0.414 e. The summed E-state index contributed by atoms with van der Waals surface area (Å²) in [5, 5.41) is 20.3. The molecule has 0 unspecified atom stereocenters. The predicted octanol–water partition coefficient (Wildman–Crippen LogP) is 5.82. The highest BCUT2D eigenvalue weighted by Crippen LogP contribution is 2.35. The first-order valence-electron chi connectivity index (χ1n) is 13.0. The maximum absolute atomic E-state index is 14.3. The Morgan fingerprint density at radius 1 is 1.05 bits per heavy atom. The van der Waals surface area contributed by atoms with Crippen molar-refractivity contribution in [1.29, 1.82) is 0 Å². The third-order valence-corrected chi connectivity index (χ3v) is 7.39. The molecule has 0 fully saturated rings. The van der Waals surface area contributed by atoms with Crippen molar-refractivity contribution in [3.05, 3.63) is 89.0 Å². The number of rotatable bonds is 8. The van der Waals surface area contributed by atoms with Crippen LogP contribution in [0.25, 0.3) is 10.2 Å². The number of fused-ring (bicyclic) bond motifs is 1. The van der Waals surface area contributed by atoms with E-state index in [1.807, 2.05) is 6.92 Å². The Balaban J connectivity index is 1.29. The second-order valence-electron chi connectivity index (χ2n) is 9.94. The van der Waals surface area contributed by atoms with Gasteiger partial charge in [-0.3, -0.25) is 19.4 Å². The number of carbonyl (C=O) groups excluding carboxylic acids is 3. The molecule has 11 nitrogen and oxygen atoms in total. The number of ether oxygens (including phenoxy) is 1. The molecule has 5 aromatic rings. The molecule has 216 valence electrons. The Bertz CT molecular complexity index is 1810. The highest BCUT2D eigenvalue weighted by molar-refractivity contribution is 7.20. The van der Waals surface area contributed by atoms with Crippen LogP contribution < -0.4 is 20.7 Å². The fraction of sp³-hybridized carbons (Fsp3) is 0.207. The minimum absolute atomic E-state index is 0.217. The van der Waals surface area contributed by atoms with Crippen LogP contribution in [0.1, 0.15) is 52.9 Å². The van der Waals surface area contributed by atoms with E-state index in [1.54, 1.807) is 80.1 Å². The highest BCUT2D eigenvalue weighted by atomic mass is 32.1. The van der Waals surface area contributed by atoms with E-state index in [1.165, 1.54) is 6.07 Å². The third-order valence-electron chi connectivity index (χ3n) is 6.48. The van der Waals surface area contributed by atoms with Crippen LogP contribution in [0.3, 0.4) is 0 Å². The SMILES string of the molecule is CCn1nc(C)cc1C(=O)Nc1ccccc1C(=O)Nc1n[nH]c2sc(OC(=O)NC(C)(C)c3ccccc3F)cc12. The van der Waals surface area contributed by atoms with Crippen molar-refractivity contribution in [2.75, 3.05) is 10.6 Å². The molecule has 0 spiro atoms. The van der Waals surface area contributed by atoms with Gasteiger partial charge in [-0.2, -0.15) is 10.2 Å². The van der Waals surface area contributed by atoms with Crippen molar-refractivity contribution >= 4 is 51.0 Å². The van der Waals surface area contributed by atoms with Gasteiger partial charge in [-0.1, -0.05) is 41.7 Å². The van der Waals surface area contributed by atoms with Crippen LogP contribution in [0.15, 0.2) is 60.7 Å². The van der Waals surface area contributed by atoms with Crippen molar-refractivity contribution in [3.8, 4) is 5.06 Å². The van der Waals surface area contributed by atoms with Crippen LogP contribution >= 0.6 is 11.3 Å². The van der Waals surface area contributed by atoms with Gasteiger partial charge in [-0.15, -0.1) is 0 Å². The number of nitrogens with one attached hydrogen (secondary N) is 4. The molecule has 0 saturated carbocycles. The number of para-hydroxylation sites is 1. The molecular formula is C29H28FN7O4S. The first-order valence-corrected chi connectivity index (χ1v) is 13.9. The molecule has 3 heterocycles. The highest BCUT2D eigenvalue weighted by Gasteiger charge is 2.27. The van der Waals surface area contributed by atoms with Gasteiger partial charge in [0, 0.05) is 18.2 Å². The van der Waals surface area contributed by atoms with Gasteiger partial charge in [0.25, 0.3) is 11.8 Å². The predicted molar refractivity (Wildman–Crippen MR) is 158 cm³/mol. The second kappa shape index (κ2) is 11.4. The number of halogens is 1.